The number of aromatic amines is 1. The van der Waals surface area contributed by atoms with E-state index in [0.717, 1.165) is 0 Å². The minimum absolute atomic E-state index is 0.169. The Kier molecular flexibility index (Phi) is 2.71. The highest BCUT2D eigenvalue weighted by Gasteiger charge is 2.18. The molecular formula is C11H13N3O3. The van der Waals surface area contributed by atoms with E-state index in [-0.39, 0.29) is 11.3 Å². The minimum Gasteiger partial charge on any atom is -0.464 e. The number of H-pyrrole nitrogens is 1. The number of aromatic nitrogens is 3. The van der Waals surface area contributed by atoms with E-state index in [1.165, 1.54) is 7.11 Å². The highest BCUT2D eigenvalue weighted by atomic mass is 16.5. The number of hydrogen-bond donors (Lipinski definition) is 1. The lowest BCUT2D eigenvalue weighted by atomic mass is 10.2. The molecule has 17 heavy (non-hydrogen) atoms. The van der Waals surface area contributed by atoms with Crippen LogP contribution < -0.4 is 5.56 Å². The Balaban J connectivity index is 2.90. The van der Waals surface area contributed by atoms with Gasteiger partial charge in [0, 0.05) is 12.2 Å². The van der Waals surface area contributed by atoms with Crippen molar-refractivity contribution in [2.24, 2.45) is 0 Å². The Morgan fingerprint density at radius 2 is 2.29 bits per heavy atom. The predicted octanol–water partition coefficient (Wildman–Crippen LogP) is 0.840. The molecule has 2 aromatic rings. The van der Waals surface area contributed by atoms with E-state index in [4.69, 9.17) is 0 Å². The first-order chi connectivity index (χ1) is 8.08. The van der Waals surface area contributed by atoms with Gasteiger partial charge in [0.15, 0.2) is 5.69 Å². The van der Waals surface area contributed by atoms with Crippen LogP contribution in [0.5, 0.6) is 0 Å². The number of carbonyl (C=O) groups excluding carboxylic acids is 1. The molecule has 0 fully saturated rings. The molecule has 90 valence electrons. The molecule has 0 saturated carbocycles. The molecule has 0 radical (unpaired) electrons. The van der Waals surface area contributed by atoms with E-state index in [2.05, 4.69) is 14.8 Å². The van der Waals surface area contributed by atoms with Gasteiger partial charge in [0.05, 0.1) is 12.5 Å². The molecule has 0 aliphatic rings. The van der Waals surface area contributed by atoms with Crippen LogP contribution in [-0.2, 0) is 11.3 Å². The monoisotopic (exact) mass is 235 g/mol. The van der Waals surface area contributed by atoms with Gasteiger partial charge < -0.3 is 4.74 Å². The summed E-state index contributed by atoms with van der Waals surface area (Å²) in [7, 11) is 1.29. The van der Waals surface area contributed by atoms with Crippen LogP contribution in [0.4, 0.5) is 0 Å². The van der Waals surface area contributed by atoms with Crippen LogP contribution in [0, 0.1) is 6.92 Å². The zero-order valence-electron chi connectivity index (χ0n) is 9.90. The second-order valence-electron chi connectivity index (χ2n) is 3.69. The van der Waals surface area contributed by atoms with Gasteiger partial charge in [0.2, 0.25) is 0 Å². The molecule has 0 unspecified atom stereocenters. The molecule has 0 saturated heterocycles. The number of methoxy groups -OCH3 is 1. The second-order valence-corrected chi connectivity index (χ2v) is 3.69. The number of rotatable bonds is 2. The van der Waals surface area contributed by atoms with Crippen LogP contribution in [0.15, 0.2) is 10.9 Å². The summed E-state index contributed by atoms with van der Waals surface area (Å²) in [6.45, 7) is 4.15. The molecule has 0 bridgehead atoms. The lowest BCUT2D eigenvalue weighted by molar-refractivity contribution is 0.0595. The van der Waals surface area contributed by atoms with Crippen LogP contribution >= 0.6 is 0 Å². The molecule has 0 aromatic carbocycles. The van der Waals surface area contributed by atoms with Crippen LogP contribution in [0.2, 0.25) is 0 Å². The van der Waals surface area contributed by atoms with Crippen LogP contribution in [-0.4, -0.2) is 27.8 Å². The fourth-order valence-corrected chi connectivity index (χ4v) is 1.83. The first-order valence-electron chi connectivity index (χ1n) is 5.27. The smallest absolute Gasteiger partial charge is 0.358 e. The fraction of sp³-hybridized carbons (Fsp3) is 0.364. The summed E-state index contributed by atoms with van der Waals surface area (Å²) in [6, 6.07) is 1.66. The van der Waals surface area contributed by atoms with E-state index < -0.39 is 5.97 Å². The first-order valence-corrected chi connectivity index (χ1v) is 5.27. The molecule has 2 heterocycles. The third-order valence-corrected chi connectivity index (χ3v) is 2.57. The molecule has 6 heteroatoms. The van der Waals surface area contributed by atoms with Gasteiger partial charge in [-0.25, -0.2) is 9.78 Å². The second kappa shape index (κ2) is 4.04. The molecule has 6 nitrogen and oxygen atoms in total. The number of fused-ring (bicyclic) bond motifs is 1. The van der Waals surface area contributed by atoms with Crippen LogP contribution in [0.1, 0.15) is 23.1 Å². The van der Waals surface area contributed by atoms with Crippen molar-refractivity contribution in [2.45, 2.75) is 20.4 Å². The number of hydrogen-bond acceptors (Lipinski definition) is 4. The highest BCUT2D eigenvalue weighted by Crippen LogP contribution is 2.16. The van der Waals surface area contributed by atoms with Gasteiger partial charge in [-0.2, -0.15) is 0 Å². The summed E-state index contributed by atoms with van der Waals surface area (Å²) in [6.07, 6.45) is 0. The number of nitrogens with zero attached hydrogens (tertiary/aromatic N) is 2. The van der Waals surface area contributed by atoms with Gasteiger partial charge in [-0.15, -0.1) is 0 Å². The summed E-state index contributed by atoms with van der Waals surface area (Å²) in [5, 5.41) is 3.12. The summed E-state index contributed by atoms with van der Waals surface area (Å²) in [5.74, 6) is -0.542. The normalized spacial score (nSPS) is 10.8. The van der Waals surface area contributed by atoms with Crippen molar-refractivity contribution in [2.75, 3.05) is 7.11 Å². The molecule has 1 N–H and O–H groups in total. The zero-order chi connectivity index (χ0) is 12.6. The van der Waals surface area contributed by atoms with Crippen LogP contribution in [0.25, 0.3) is 10.9 Å². The molecule has 0 aliphatic heterocycles. The number of ether oxygens (including phenoxy) is 1. The Morgan fingerprint density at radius 3 is 2.88 bits per heavy atom. The van der Waals surface area contributed by atoms with Crippen LogP contribution in [0.3, 0.4) is 0 Å². The van der Waals surface area contributed by atoms with Gasteiger partial charge in [-0.3, -0.25) is 14.6 Å². The van der Waals surface area contributed by atoms with Crippen molar-refractivity contribution in [3.8, 4) is 0 Å². The lowest BCUT2D eigenvalue weighted by Crippen LogP contribution is -2.09. The van der Waals surface area contributed by atoms with E-state index >= 15 is 0 Å². The Hall–Kier alpha value is -2.11. The Bertz CT molecular complexity index is 639. The van der Waals surface area contributed by atoms with Crippen molar-refractivity contribution >= 4 is 16.9 Å². The van der Waals surface area contributed by atoms with Gasteiger partial charge in [-0.05, 0) is 19.9 Å². The zero-order valence-corrected chi connectivity index (χ0v) is 9.90. The van der Waals surface area contributed by atoms with E-state index in [1.807, 2.05) is 6.92 Å². The molecule has 2 rings (SSSR count). The number of nitrogens with one attached hydrogen (secondary N) is 1. The Morgan fingerprint density at radius 1 is 1.59 bits per heavy atom. The number of esters is 1. The molecule has 0 spiro atoms. The van der Waals surface area contributed by atoms with Crippen molar-refractivity contribution in [3.63, 3.8) is 0 Å². The standard InChI is InChI=1S/C11H13N3O3/c1-4-14-9-7(10(15)13-14)5-6(2)12-8(9)11(16)17-3/h5H,4H2,1-3H3,(H,13,15). The predicted molar refractivity (Wildman–Crippen MR) is 62.1 cm³/mol. The Labute approximate surface area is 97.2 Å². The van der Waals surface area contributed by atoms with Crippen molar-refractivity contribution < 1.29 is 9.53 Å². The maximum Gasteiger partial charge on any atom is 0.358 e. The SMILES string of the molecule is CCn1[nH]c(=O)c2cc(C)nc(C(=O)OC)c21. The van der Waals surface area contributed by atoms with Gasteiger partial charge >= 0.3 is 5.97 Å². The van der Waals surface area contributed by atoms with Crippen molar-refractivity contribution in [1.82, 2.24) is 14.8 Å². The van der Waals surface area contributed by atoms with Gasteiger partial charge in [-0.1, -0.05) is 0 Å². The van der Waals surface area contributed by atoms with Crippen molar-refractivity contribution in [1.29, 1.82) is 0 Å². The quantitative estimate of drug-likeness (QED) is 0.782. The molecule has 0 atom stereocenters. The number of pyridine rings is 1. The van der Waals surface area contributed by atoms with Crippen molar-refractivity contribution in [3.05, 3.63) is 27.8 Å². The summed E-state index contributed by atoms with van der Waals surface area (Å²) >= 11 is 0. The average Bonchev–Trinajstić information content (AvgIpc) is 2.64. The third-order valence-electron chi connectivity index (χ3n) is 2.57. The minimum atomic E-state index is -0.542. The molecule has 0 aliphatic carbocycles. The largest absolute Gasteiger partial charge is 0.464 e. The molecule has 2 aromatic heterocycles. The van der Waals surface area contributed by atoms with E-state index in [0.29, 0.717) is 23.1 Å². The van der Waals surface area contributed by atoms with E-state index in [9.17, 15) is 9.59 Å². The van der Waals surface area contributed by atoms with Gasteiger partial charge in [0.25, 0.3) is 5.56 Å². The summed E-state index contributed by atoms with van der Waals surface area (Å²) < 4.78 is 6.27. The number of carbonyl (C=O) groups is 1. The lowest BCUT2D eigenvalue weighted by Gasteiger charge is -2.05. The topological polar surface area (TPSA) is 77.0 Å². The number of aryl methyl sites for hydroxylation is 2. The highest BCUT2D eigenvalue weighted by molar-refractivity contribution is 6.00. The maximum absolute atomic E-state index is 11.7. The summed E-state index contributed by atoms with van der Waals surface area (Å²) in [4.78, 5) is 27.5. The molecule has 0 amide bonds. The third kappa shape index (κ3) is 1.71. The maximum atomic E-state index is 11.7. The fourth-order valence-electron chi connectivity index (χ4n) is 1.83. The van der Waals surface area contributed by atoms with Gasteiger partial charge in [0.1, 0.15) is 5.52 Å². The summed E-state index contributed by atoms with van der Waals surface area (Å²) in [5.41, 5.74) is 1.05. The van der Waals surface area contributed by atoms with E-state index in [1.54, 1.807) is 17.7 Å². The molecular weight excluding hydrogens is 222 g/mol. The average molecular weight is 235 g/mol. The first kappa shape index (κ1) is 11.4.